The smallest absolute Gasteiger partial charge is 0.123 e. The van der Waals surface area contributed by atoms with Gasteiger partial charge in [0.05, 0.1) is 12.3 Å². The molecule has 96 valence electrons. The average Bonchev–Trinajstić information content (AvgIpc) is 2.40. The lowest BCUT2D eigenvalue weighted by Gasteiger charge is -2.21. The Bertz CT molecular complexity index is 480. The molecule has 1 aromatic carbocycles. The number of hydrogen-bond acceptors (Lipinski definition) is 4. The van der Waals surface area contributed by atoms with Crippen LogP contribution in [0.2, 0.25) is 0 Å². The first kappa shape index (κ1) is 12.8. The highest BCUT2D eigenvalue weighted by Crippen LogP contribution is 2.23. The molecule has 1 aliphatic rings. The van der Waals surface area contributed by atoms with E-state index in [1.807, 2.05) is 12.1 Å². The number of nitrogens with two attached hydrogens (primary N) is 1. The summed E-state index contributed by atoms with van der Waals surface area (Å²) in [5, 5.41) is 8.33. The van der Waals surface area contributed by atoms with Crippen LogP contribution in [0.25, 0.3) is 0 Å². The van der Waals surface area contributed by atoms with Gasteiger partial charge in [-0.3, -0.25) is 0 Å². The molecule has 0 saturated heterocycles. The fraction of sp³-hybridized carbons (Fsp3) is 0.429. The van der Waals surface area contributed by atoms with Gasteiger partial charge < -0.3 is 10.5 Å². The van der Waals surface area contributed by atoms with E-state index in [4.69, 9.17) is 10.5 Å². The van der Waals surface area contributed by atoms with Crippen molar-refractivity contribution in [3.63, 3.8) is 0 Å². The van der Waals surface area contributed by atoms with Gasteiger partial charge in [-0.1, -0.05) is 31.2 Å². The lowest BCUT2D eigenvalue weighted by Crippen LogP contribution is -2.27. The van der Waals surface area contributed by atoms with Crippen molar-refractivity contribution in [1.82, 2.24) is 0 Å². The second-order valence-corrected chi connectivity index (χ2v) is 4.48. The van der Waals surface area contributed by atoms with E-state index in [0.717, 1.165) is 29.7 Å². The Morgan fingerprint density at radius 2 is 2.11 bits per heavy atom. The van der Waals surface area contributed by atoms with Crippen LogP contribution >= 0.6 is 0 Å². The zero-order chi connectivity index (χ0) is 13.0. The molecule has 0 aromatic heterocycles. The van der Waals surface area contributed by atoms with Gasteiger partial charge in [0.1, 0.15) is 5.84 Å². The van der Waals surface area contributed by atoms with Crippen molar-refractivity contribution in [1.29, 1.82) is 0 Å². The van der Waals surface area contributed by atoms with E-state index in [1.165, 1.54) is 0 Å². The Morgan fingerprint density at radius 3 is 2.83 bits per heavy atom. The number of amidine groups is 1. The number of methoxy groups -OCH3 is 1. The van der Waals surface area contributed by atoms with Crippen LogP contribution < -0.4 is 5.73 Å². The van der Waals surface area contributed by atoms with Crippen molar-refractivity contribution in [3.8, 4) is 0 Å². The maximum Gasteiger partial charge on any atom is 0.123 e. The summed E-state index contributed by atoms with van der Waals surface area (Å²) in [7, 11) is 1.70. The minimum Gasteiger partial charge on any atom is -0.386 e. The Balaban J connectivity index is 2.40. The first-order valence-electron chi connectivity index (χ1n) is 6.23. The molecule has 2 rings (SSSR count). The highest BCUT2D eigenvalue weighted by Gasteiger charge is 2.22. The first-order chi connectivity index (χ1) is 8.76. The summed E-state index contributed by atoms with van der Waals surface area (Å²) < 4.78 is 5.23. The Labute approximate surface area is 108 Å². The third-order valence-corrected chi connectivity index (χ3v) is 3.21. The van der Waals surface area contributed by atoms with Gasteiger partial charge in [0.15, 0.2) is 0 Å². The standard InChI is InChI=1S/C14H19N3O/c1-3-10-8-13(15)16-17-14(10)12-7-5-4-6-11(12)9-18-2/h4-7,10H,3,8-9H2,1-2H3,(H2,15,16). The summed E-state index contributed by atoms with van der Waals surface area (Å²) in [4.78, 5) is 0. The molecular formula is C14H19N3O. The minimum atomic E-state index is 0.348. The van der Waals surface area contributed by atoms with Crippen LogP contribution in [0.3, 0.4) is 0 Å². The van der Waals surface area contributed by atoms with Gasteiger partial charge in [0, 0.05) is 25.0 Å². The normalized spacial score (nSPS) is 19.3. The van der Waals surface area contributed by atoms with E-state index in [2.05, 4.69) is 29.3 Å². The molecule has 1 heterocycles. The van der Waals surface area contributed by atoms with Crippen molar-refractivity contribution >= 4 is 11.5 Å². The van der Waals surface area contributed by atoms with E-state index >= 15 is 0 Å². The van der Waals surface area contributed by atoms with Crippen LogP contribution in [0.5, 0.6) is 0 Å². The summed E-state index contributed by atoms with van der Waals surface area (Å²) in [6, 6.07) is 8.17. The van der Waals surface area contributed by atoms with Gasteiger partial charge in [-0.25, -0.2) is 0 Å². The van der Waals surface area contributed by atoms with Crippen LogP contribution in [0.15, 0.2) is 34.5 Å². The fourth-order valence-electron chi connectivity index (χ4n) is 2.25. The molecule has 0 fully saturated rings. The predicted molar refractivity (Wildman–Crippen MR) is 73.7 cm³/mol. The van der Waals surface area contributed by atoms with E-state index in [-0.39, 0.29) is 0 Å². The van der Waals surface area contributed by atoms with Crippen molar-refractivity contribution < 1.29 is 4.74 Å². The molecule has 0 aliphatic carbocycles. The highest BCUT2D eigenvalue weighted by atomic mass is 16.5. The van der Waals surface area contributed by atoms with Crippen LogP contribution in [-0.4, -0.2) is 18.7 Å². The molecule has 0 bridgehead atoms. The molecular weight excluding hydrogens is 226 g/mol. The zero-order valence-corrected chi connectivity index (χ0v) is 10.9. The largest absolute Gasteiger partial charge is 0.386 e. The van der Waals surface area contributed by atoms with Gasteiger partial charge in [-0.05, 0) is 12.0 Å². The SMILES string of the molecule is CCC1CC(N)=NN=C1c1ccccc1COC. The molecule has 0 saturated carbocycles. The van der Waals surface area contributed by atoms with Gasteiger partial charge in [-0.2, -0.15) is 5.10 Å². The summed E-state index contributed by atoms with van der Waals surface area (Å²) in [5.74, 6) is 0.968. The van der Waals surface area contributed by atoms with Crippen LogP contribution in [0.1, 0.15) is 30.9 Å². The molecule has 18 heavy (non-hydrogen) atoms. The van der Waals surface area contributed by atoms with E-state index in [1.54, 1.807) is 7.11 Å². The molecule has 1 aliphatic heterocycles. The molecule has 1 atom stereocenters. The number of nitrogens with zero attached hydrogens (tertiary/aromatic N) is 2. The quantitative estimate of drug-likeness (QED) is 0.885. The Morgan fingerprint density at radius 1 is 1.33 bits per heavy atom. The molecule has 4 nitrogen and oxygen atoms in total. The fourth-order valence-corrected chi connectivity index (χ4v) is 2.25. The molecule has 0 radical (unpaired) electrons. The van der Waals surface area contributed by atoms with E-state index in [0.29, 0.717) is 18.4 Å². The number of benzene rings is 1. The molecule has 2 N–H and O–H groups in total. The van der Waals surface area contributed by atoms with Crippen LogP contribution in [-0.2, 0) is 11.3 Å². The van der Waals surface area contributed by atoms with E-state index in [9.17, 15) is 0 Å². The minimum absolute atomic E-state index is 0.348. The maximum atomic E-state index is 5.76. The third-order valence-electron chi connectivity index (χ3n) is 3.21. The van der Waals surface area contributed by atoms with Gasteiger partial charge in [0.25, 0.3) is 0 Å². The number of ether oxygens (including phenoxy) is 1. The summed E-state index contributed by atoms with van der Waals surface area (Å²) in [5.41, 5.74) is 9.06. The topological polar surface area (TPSA) is 60.0 Å². The maximum absolute atomic E-state index is 5.76. The van der Waals surface area contributed by atoms with Crippen LogP contribution in [0.4, 0.5) is 0 Å². The lowest BCUT2D eigenvalue weighted by atomic mass is 9.88. The Hall–Kier alpha value is -1.68. The summed E-state index contributed by atoms with van der Waals surface area (Å²) in [6.07, 6.45) is 1.80. The summed E-state index contributed by atoms with van der Waals surface area (Å²) >= 11 is 0. The van der Waals surface area contributed by atoms with Gasteiger partial charge in [0.2, 0.25) is 0 Å². The number of rotatable bonds is 4. The van der Waals surface area contributed by atoms with Crippen molar-refractivity contribution in [2.75, 3.05) is 7.11 Å². The highest BCUT2D eigenvalue weighted by molar-refractivity contribution is 6.06. The second-order valence-electron chi connectivity index (χ2n) is 4.48. The molecule has 1 aromatic rings. The second kappa shape index (κ2) is 5.78. The molecule has 0 spiro atoms. The summed E-state index contributed by atoms with van der Waals surface area (Å²) in [6.45, 7) is 2.74. The third kappa shape index (κ3) is 2.59. The number of hydrogen-bond donors (Lipinski definition) is 1. The van der Waals surface area contributed by atoms with Crippen molar-refractivity contribution in [3.05, 3.63) is 35.4 Å². The van der Waals surface area contributed by atoms with Gasteiger partial charge >= 0.3 is 0 Å². The monoisotopic (exact) mass is 245 g/mol. The average molecular weight is 245 g/mol. The van der Waals surface area contributed by atoms with Crippen LogP contribution in [0, 0.1) is 5.92 Å². The van der Waals surface area contributed by atoms with E-state index < -0.39 is 0 Å². The predicted octanol–water partition coefficient (Wildman–Crippen LogP) is 2.32. The first-order valence-corrected chi connectivity index (χ1v) is 6.23. The zero-order valence-electron chi connectivity index (χ0n) is 10.9. The Kier molecular flexibility index (Phi) is 4.10. The molecule has 0 amide bonds. The van der Waals surface area contributed by atoms with Gasteiger partial charge in [-0.15, -0.1) is 5.10 Å². The molecule has 1 unspecified atom stereocenters. The lowest BCUT2D eigenvalue weighted by molar-refractivity contribution is 0.184. The van der Waals surface area contributed by atoms with Crippen molar-refractivity contribution in [2.45, 2.75) is 26.4 Å². The molecule has 4 heteroatoms. The van der Waals surface area contributed by atoms with Crippen molar-refractivity contribution in [2.24, 2.45) is 21.9 Å².